The minimum atomic E-state index is -1.14. The van der Waals surface area contributed by atoms with Gasteiger partial charge in [0, 0.05) is 52.7 Å². The smallest absolute Gasteiger partial charge is 0.325 e. The Balaban J connectivity index is 1.22. The number of ketones is 2. The van der Waals surface area contributed by atoms with Crippen LogP contribution in [0.3, 0.4) is 0 Å². The Morgan fingerprint density at radius 3 is 2.08 bits per heavy atom. The molecule has 0 bridgehead atoms. The van der Waals surface area contributed by atoms with Gasteiger partial charge in [0.25, 0.3) is 0 Å². The van der Waals surface area contributed by atoms with E-state index < -0.39 is 23.8 Å². The molecule has 0 aliphatic heterocycles. The molecule has 2 atom stereocenters. The van der Waals surface area contributed by atoms with Crippen molar-refractivity contribution < 1.29 is 24.3 Å². The molecule has 2 aromatic heterocycles. The molecule has 4 aromatic rings. The van der Waals surface area contributed by atoms with Crippen LogP contribution >= 0.6 is 11.3 Å². The summed E-state index contributed by atoms with van der Waals surface area (Å²) in [5, 5.41) is 11.9. The Hall–Kier alpha value is -4.50. The number of rotatable bonds is 14. The molecule has 2 aromatic carbocycles. The molecule has 0 radical (unpaired) electrons. The average molecular weight is 694 g/mol. The summed E-state index contributed by atoms with van der Waals surface area (Å²) in [6, 6.07) is 17.9. The zero-order chi connectivity index (χ0) is 35.8. The van der Waals surface area contributed by atoms with Crippen LogP contribution in [0, 0.1) is 11.8 Å². The van der Waals surface area contributed by atoms with Crippen LogP contribution in [-0.2, 0) is 21.4 Å². The fourth-order valence-corrected chi connectivity index (χ4v) is 7.38. The van der Waals surface area contributed by atoms with Crippen molar-refractivity contribution in [3.05, 3.63) is 93.9 Å². The lowest BCUT2D eigenvalue weighted by Crippen LogP contribution is -2.42. The summed E-state index contributed by atoms with van der Waals surface area (Å²) in [6.07, 6.45) is 11.7. The summed E-state index contributed by atoms with van der Waals surface area (Å²) >= 11 is 1.43. The number of Topliss-reactive ketones (excluding diaryl/α,β-unsaturated/α-hetero) is 2. The van der Waals surface area contributed by atoms with Crippen LogP contribution in [0.15, 0.2) is 73.1 Å². The molecule has 50 heavy (non-hydrogen) atoms. The van der Waals surface area contributed by atoms with Gasteiger partial charge >= 0.3 is 5.97 Å². The average Bonchev–Trinajstić information content (AvgIpc) is 3.63. The van der Waals surface area contributed by atoms with Crippen molar-refractivity contribution in [1.82, 2.24) is 15.3 Å². The largest absolute Gasteiger partial charge is 0.480 e. The van der Waals surface area contributed by atoms with Crippen LogP contribution < -0.4 is 5.32 Å². The number of aromatic nitrogens is 2. The number of nitrogens with zero attached hydrogens (tertiary/aromatic N) is 2. The van der Waals surface area contributed by atoms with Gasteiger partial charge in [0.2, 0.25) is 5.91 Å². The molecule has 8 nitrogen and oxygen atoms in total. The molecule has 0 spiro atoms. The van der Waals surface area contributed by atoms with Gasteiger partial charge in [0.05, 0.1) is 4.88 Å². The molecular weight excluding hydrogens is 647 g/mol. The first-order valence-electron chi connectivity index (χ1n) is 17.6. The molecule has 1 fully saturated rings. The Bertz CT molecular complexity index is 1780. The van der Waals surface area contributed by atoms with E-state index in [0.29, 0.717) is 23.0 Å². The van der Waals surface area contributed by atoms with Crippen molar-refractivity contribution in [1.29, 1.82) is 0 Å². The maximum atomic E-state index is 13.3. The monoisotopic (exact) mass is 693 g/mol. The van der Waals surface area contributed by atoms with Gasteiger partial charge in [-0.3, -0.25) is 19.2 Å². The molecule has 1 aliphatic rings. The predicted octanol–water partition coefficient (Wildman–Crippen LogP) is 8.73. The number of carbonyl (C=O) groups is 4. The summed E-state index contributed by atoms with van der Waals surface area (Å²) in [4.78, 5) is 61.5. The van der Waals surface area contributed by atoms with Gasteiger partial charge in [0.1, 0.15) is 6.04 Å². The van der Waals surface area contributed by atoms with Crippen molar-refractivity contribution in [2.24, 2.45) is 11.8 Å². The molecule has 9 heteroatoms. The molecule has 262 valence electrons. The van der Waals surface area contributed by atoms with Gasteiger partial charge < -0.3 is 10.4 Å². The molecule has 2 N–H and O–H groups in total. The second-order valence-electron chi connectivity index (χ2n) is 14.5. The minimum absolute atomic E-state index is 0.0375. The van der Waals surface area contributed by atoms with E-state index in [-0.39, 0.29) is 29.8 Å². The number of carboxylic acids is 1. The second kappa shape index (κ2) is 16.5. The van der Waals surface area contributed by atoms with E-state index in [1.807, 2.05) is 54.6 Å². The molecule has 1 saturated carbocycles. The number of aliphatic carboxylic acids is 1. The first kappa shape index (κ1) is 36.8. The number of carboxylic acid groups (broad SMARTS) is 1. The molecule has 1 amide bonds. The highest BCUT2D eigenvalue weighted by Gasteiger charge is 2.27. The van der Waals surface area contributed by atoms with Gasteiger partial charge in [-0.2, -0.15) is 0 Å². The van der Waals surface area contributed by atoms with Crippen LogP contribution in [0.5, 0.6) is 0 Å². The Kier molecular flexibility index (Phi) is 12.1. The number of nitrogens with one attached hydrogen (secondary N) is 1. The lowest BCUT2D eigenvalue weighted by Gasteiger charge is -2.20. The van der Waals surface area contributed by atoms with Gasteiger partial charge in [-0.1, -0.05) is 101 Å². The van der Waals surface area contributed by atoms with Gasteiger partial charge in [0.15, 0.2) is 17.4 Å². The lowest BCUT2D eigenvalue weighted by molar-refractivity contribution is -0.141. The van der Waals surface area contributed by atoms with E-state index in [4.69, 9.17) is 0 Å². The third-order valence-electron chi connectivity index (χ3n) is 9.54. The summed E-state index contributed by atoms with van der Waals surface area (Å²) in [5.74, 6) is -1.07. The number of amides is 1. The summed E-state index contributed by atoms with van der Waals surface area (Å²) in [6.45, 7) is 7.66. The van der Waals surface area contributed by atoms with Crippen molar-refractivity contribution in [2.45, 2.75) is 96.9 Å². The Morgan fingerprint density at radius 2 is 1.48 bits per heavy atom. The summed E-state index contributed by atoms with van der Waals surface area (Å²) < 4.78 is 0. The number of benzene rings is 2. The minimum Gasteiger partial charge on any atom is -0.480 e. The van der Waals surface area contributed by atoms with Crippen molar-refractivity contribution in [2.75, 3.05) is 0 Å². The molecule has 0 saturated heterocycles. The van der Waals surface area contributed by atoms with Crippen LogP contribution in [0.2, 0.25) is 0 Å². The normalized spacial score (nSPS) is 14.9. The highest BCUT2D eigenvalue weighted by Crippen LogP contribution is 2.31. The van der Waals surface area contributed by atoms with Gasteiger partial charge in [-0.05, 0) is 54.4 Å². The van der Waals surface area contributed by atoms with E-state index in [1.165, 1.54) is 50.4 Å². The zero-order valence-corrected chi connectivity index (χ0v) is 30.2. The van der Waals surface area contributed by atoms with Crippen molar-refractivity contribution in [3.63, 3.8) is 0 Å². The maximum Gasteiger partial charge on any atom is 0.325 e. The van der Waals surface area contributed by atoms with E-state index in [9.17, 15) is 24.3 Å². The molecule has 0 unspecified atom stereocenters. The molecule has 1 aliphatic carbocycles. The van der Waals surface area contributed by atoms with E-state index in [1.54, 1.807) is 18.5 Å². The van der Waals surface area contributed by atoms with E-state index in [0.717, 1.165) is 39.1 Å². The van der Waals surface area contributed by atoms with E-state index in [2.05, 4.69) is 36.1 Å². The highest BCUT2D eigenvalue weighted by molar-refractivity contribution is 7.14. The van der Waals surface area contributed by atoms with E-state index >= 15 is 0 Å². The molecule has 5 rings (SSSR count). The van der Waals surface area contributed by atoms with Crippen LogP contribution in [0.4, 0.5) is 0 Å². The number of hydrogen-bond donors (Lipinski definition) is 2. The predicted molar refractivity (Wildman–Crippen MR) is 197 cm³/mol. The highest BCUT2D eigenvalue weighted by atomic mass is 32.1. The van der Waals surface area contributed by atoms with Gasteiger partial charge in [-0.15, -0.1) is 11.3 Å². The number of thiophene rings is 1. The third-order valence-corrected chi connectivity index (χ3v) is 11.1. The second-order valence-corrected chi connectivity index (χ2v) is 15.6. The lowest BCUT2D eigenvalue weighted by atomic mass is 9.85. The quantitative estimate of drug-likeness (QED) is 0.127. The van der Waals surface area contributed by atoms with Crippen LogP contribution in [-0.4, -0.2) is 44.6 Å². The third kappa shape index (κ3) is 9.81. The van der Waals surface area contributed by atoms with Crippen LogP contribution in [0.1, 0.15) is 110 Å². The Morgan fingerprint density at radius 1 is 0.840 bits per heavy atom. The molecule has 2 heterocycles. The molecular formula is C41H47N3O5S. The zero-order valence-electron chi connectivity index (χ0n) is 29.4. The maximum absolute atomic E-state index is 13.3. The topological polar surface area (TPSA) is 126 Å². The summed E-state index contributed by atoms with van der Waals surface area (Å²) in [7, 11) is 0. The fourth-order valence-electron chi connectivity index (χ4n) is 6.37. The van der Waals surface area contributed by atoms with Crippen molar-refractivity contribution >= 4 is 34.8 Å². The standard InChI is InChI=1S/C41H47N3O5S/c1-26(40(48)49)44-39(47)32(23-35(46)36-20-21-37(50-36)41(2,3)4)22-28-10-13-31(14-11-28)38-42-24-33(25-43-38)29-15-17-30(18-16-29)34(45)19-12-27-8-6-5-7-9-27/h10-11,13-18,20-21,24-27,32H,5-9,12,19,22-23H2,1-4H3,(H,44,47)(H,48,49)/t26-,32-/m1/s1. The Labute approximate surface area is 298 Å². The number of carbonyl (C=O) groups excluding carboxylic acids is 3. The van der Waals surface area contributed by atoms with Crippen molar-refractivity contribution in [3.8, 4) is 22.5 Å². The fraction of sp³-hybridized carbons (Fsp3) is 0.415. The summed E-state index contributed by atoms with van der Waals surface area (Å²) in [5.41, 5.74) is 4.05. The first-order valence-corrected chi connectivity index (χ1v) is 18.4. The number of hydrogen-bond acceptors (Lipinski definition) is 7. The SMILES string of the molecule is C[C@@H](NC(=O)[C@@H](CC(=O)c1ccc(C(C)(C)C)s1)Cc1ccc(-c2ncc(-c3ccc(C(=O)CCC4CCCCC4)cc3)cn2)cc1)C(=O)O. The van der Waals surface area contributed by atoms with Crippen LogP contribution in [0.25, 0.3) is 22.5 Å². The van der Waals surface area contributed by atoms with Gasteiger partial charge in [-0.25, -0.2) is 9.97 Å². The first-order chi connectivity index (χ1) is 23.9.